The van der Waals surface area contributed by atoms with Gasteiger partial charge >= 0.3 is 0 Å². The lowest BCUT2D eigenvalue weighted by molar-refractivity contribution is -0.122. The Morgan fingerprint density at radius 1 is 1.00 bits per heavy atom. The second-order valence-corrected chi connectivity index (χ2v) is 11.3. The van der Waals surface area contributed by atoms with E-state index in [0.717, 1.165) is 11.1 Å². The lowest BCUT2D eigenvalue weighted by Crippen LogP contribution is -2.44. The van der Waals surface area contributed by atoms with E-state index in [1.54, 1.807) is 5.38 Å². The van der Waals surface area contributed by atoms with E-state index in [2.05, 4.69) is 25.6 Å². The Kier molecular flexibility index (Phi) is 12.0. The number of aryl methyl sites for hydroxylation is 1. The first-order valence-electron chi connectivity index (χ1n) is 14.2. The van der Waals surface area contributed by atoms with Crippen LogP contribution in [0.2, 0.25) is 5.15 Å². The molecular formula is C31H35ClN8O3S. The average molecular weight is 635 g/mol. The van der Waals surface area contributed by atoms with Gasteiger partial charge in [-0.3, -0.25) is 23.9 Å². The number of amides is 1. The molecule has 2 heterocycles. The summed E-state index contributed by atoms with van der Waals surface area (Å²) >= 11 is 7.83. The second kappa shape index (κ2) is 16.3. The van der Waals surface area contributed by atoms with Gasteiger partial charge in [-0.2, -0.15) is 0 Å². The minimum atomic E-state index is -0.882. The molecule has 0 spiro atoms. The number of hydrogen-bond acceptors (Lipinski definition) is 8. The zero-order valence-electron chi connectivity index (χ0n) is 24.1. The van der Waals surface area contributed by atoms with E-state index < -0.39 is 17.5 Å². The number of nitrogens with two attached hydrogens (primary N) is 2. The van der Waals surface area contributed by atoms with Gasteiger partial charge in [-0.25, -0.2) is 9.97 Å². The Bertz CT molecular complexity index is 1610. The Morgan fingerprint density at radius 2 is 1.68 bits per heavy atom. The molecular weight excluding hydrogens is 600 g/mol. The van der Waals surface area contributed by atoms with E-state index in [0.29, 0.717) is 44.5 Å². The maximum absolute atomic E-state index is 13.7. The normalized spacial score (nSPS) is 11.5. The van der Waals surface area contributed by atoms with Gasteiger partial charge in [-0.15, -0.1) is 11.3 Å². The standard InChI is InChI=1S/C31H35ClN8O3S/c32-27-24(14-13-21-8-3-1-4-9-21)40(30(43)28(39-27)35-17-15-22-10-5-2-6-11-22)20-25(41)38-23(12-7-16-37-31(33)34)26(42)29-36-18-19-44-29/h1-6,8-11,18-19,23H,7,12-17,20H2,(H,35,39)(H,38,41)(H4,33,34,37). The maximum Gasteiger partial charge on any atom is 0.294 e. The van der Waals surface area contributed by atoms with Crippen molar-refractivity contribution in [1.29, 1.82) is 0 Å². The molecule has 11 nitrogen and oxygen atoms in total. The van der Waals surface area contributed by atoms with Crippen molar-refractivity contribution in [1.82, 2.24) is 19.9 Å². The van der Waals surface area contributed by atoms with Gasteiger partial charge in [0.1, 0.15) is 6.54 Å². The van der Waals surface area contributed by atoms with Crippen LogP contribution in [0, 0.1) is 0 Å². The van der Waals surface area contributed by atoms with Gasteiger partial charge in [0.2, 0.25) is 11.7 Å². The molecule has 4 rings (SSSR count). The molecule has 0 fully saturated rings. The number of carbonyl (C=O) groups excluding carboxylic acids is 2. The van der Waals surface area contributed by atoms with E-state index in [9.17, 15) is 14.4 Å². The smallest absolute Gasteiger partial charge is 0.294 e. The third-order valence-electron chi connectivity index (χ3n) is 6.81. The van der Waals surface area contributed by atoms with Crippen LogP contribution in [0.15, 0.2) is 82.0 Å². The summed E-state index contributed by atoms with van der Waals surface area (Å²) in [5, 5.41) is 7.97. The first kappa shape index (κ1) is 32.4. The van der Waals surface area contributed by atoms with E-state index in [4.69, 9.17) is 23.1 Å². The third kappa shape index (κ3) is 9.48. The first-order valence-corrected chi connectivity index (χ1v) is 15.5. The molecule has 6 N–H and O–H groups in total. The molecule has 13 heteroatoms. The molecule has 0 aliphatic carbocycles. The molecule has 0 radical (unpaired) electrons. The van der Waals surface area contributed by atoms with Gasteiger partial charge in [0.25, 0.3) is 5.56 Å². The van der Waals surface area contributed by atoms with Crippen molar-refractivity contribution in [2.24, 2.45) is 16.5 Å². The molecule has 1 atom stereocenters. The van der Waals surface area contributed by atoms with Crippen molar-refractivity contribution in [3.05, 3.63) is 110 Å². The molecule has 44 heavy (non-hydrogen) atoms. The maximum atomic E-state index is 13.7. The monoisotopic (exact) mass is 634 g/mol. The van der Waals surface area contributed by atoms with Crippen molar-refractivity contribution in [2.45, 2.75) is 44.7 Å². The number of carbonyl (C=O) groups is 2. The fourth-order valence-corrected chi connectivity index (χ4v) is 5.53. The summed E-state index contributed by atoms with van der Waals surface area (Å²) in [6, 6.07) is 18.7. The van der Waals surface area contributed by atoms with Crippen LogP contribution in [0.25, 0.3) is 0 Å². The molecule has 4 aromatic rings. The number of rotatable bonds is 16. The van der Waals surface area contributed by atoms with E-state index in [1.807, 2.05) is 60.7 Å². The predicted octanol–water partition coefficient (Wildman–Crippen LogP) is 3.21. The zero-order valence-corrected chi connectivity index (χ0v) is 25.7. The number of ketones is 1. The van der Waals surface area contributed by atoms with Crippen LogP contribution in [0.3, 0.4) is 0 Å². The fraction of sp³-hybridized carbons (Fsp3) is 0.290. The molecule has 0 bridgehead atoms. The van der Waals surface area contributed by atoms with Crippen molar-refractivity contribution in [3.8, 4) is 0 Å². The van der Waals surface area contributed by atoms with Crippen molar-refractivity contribution >= 4 is 46.4 Å². The summed E-state index contributed by atoms with van der Waals surface area (Å²) in [4.78, 5) is 52.8. The quantitative estimate of drug-likeness (QED) is 0.0630. The summed E-state index contributed by atoms with van der Waals surface area (Å²) in [6.45, 7) is 0.382. The molecule has 1 unspecified atom stereocenters. The van der Waals surface area contributed by atoms with Gasteiger partial charge in [-0.05, 0) is 43.2 Å². The SMILES string of the molecule is NC(N)=NCCCC(NC(=O)Cn1c(CCc2ccccc2)c(Cl)nc(NCCc2ccccc2)c1=O)C(=O)c1nccs1. The van der Waals surface area contributed by atoms with Crippen LogP contribution in [0.4, 0.5) is 5.82 Å². The minimum Gasteiger partial charge on any atom is -0.370 e. The largest absolute Gasteiger partial charge is 0.370 e. The zero-order chi connectivity index (χ0) is 31.3. The number of nitrogens with zero attached hydrogens (tertiary/aromatic N) is 4. The molecule has 2 aromatic heterocycles. The van der Waals surface area contributed by atoms with Crippen LogP contribution >= 0.6 is 22.9 Å². The molecule has 1 amide bonds. The van der Waals surface area contributed by atoms with Crippen molar-refractivity contribution < 1.29 is 9.59 Å². The highest BCUT2D eigenvalue weighted by molar-refractivity contribution is 7.11. The van der Waals surface area contributed by atoms with Gasteiger partial charge < -0.3 is 22.1 Å². The lowest BCUT2D eigenvalue weighted by atomic mass is 10.1. The Labute approximate surface area is 264 Å². The molecule has 2 aromatic carbocycles. The highest BCUT2D eigenvalue weighted by Crippen LogP contribution is 2.18. The molecule has 0 aliphatic heterocycles. The number of hydrogen-bond donors (Lipinski definition) is 4. The van der Waals surface area contributed by atoms with E-state index in [-0.39, 0.29) is 40.7 Å². The van der Waals surface area contributed by atoms with Gasteiger partial charge in [-0.1, -0.05) is 72.3 Å². The van der Waals surface area contributed by atoms with Gasteiger partial charge in [0, 0.05) is 24.7 Å². The minimum absolute atomic E-state index is 0.0508. The van der Waals surface area contributed by atoms with Gasteiger partial charge in [0.05, 0.1) is 11.7 Å². The van der Waals surface area contributed by atoms with Crippen LogP contribution < -0.4 is 27.7 Å². The molecule has 0 saturated carbocycles. The third-order valence-corrected chi connectivity index (χ3v) is 7.90. The van der Waals surface area contributed by atoms with E-state index in [1.165, 1.54) is 22.1 Å². The summed E-state index contributed by atoms with van der Waals surface area (Å²) in [5.74, 6) is -0.857. The van der Waals surface area contributed by atoms with Crippen LogP contribution in [0.5, 0.6) is 0 Å². The summed E-state index contributed by atoms with van der Waals surface area (Å²) < 4.78 is 1.34. The number of anilines is 1. The fourth-order valence-electron chi connectivity index (χ4n) is 4.62. The van der Waals surface area contributed by atoms with Crippen molar-refractivity contribution in [3.63, 3.8) is 0 Å². The van der Waals surface area contributed by atoms with E-state index >= 15 is 0 Å². The number of benzene rings is 2. The Morgan fingerprint density at radius 3 is 2.32 bits per heavy atom. The topological polar surface area (TPSA) is 170 Å². The van der Waals surface area contributed by atoms with Crippen LogP contribution in [0.1, 0.15) is 39.5 Å². The summed E-state index contributed by atoms with van der Waals surface area (Å²) in [6.07, 6.45) is 3.87. The summed E-state index contributed by atoms with van der Waals surface area (Å²) in [5.41, 5.74) is 12.9. The first-order chi connectivity index (χ1) is 21.3. The van der Waals surface area contributed by atoms with Crippen LogP contribution in [-0.2, 0) is 30.6 Å². The Balaban J connectivity index is 1.56. The van der Waals surface area contributed by atoms with Gasteiger partial charge in [0.15, 0.2) is 21.9 Å². The predicted molar refractivity (Wildman–Crippen MR) is 174 cm³/mol. The second-order valence-electron chi connectivity index (χ2n) is 10.0. The lowest BCUT2D eigenvalue weighted by Gasteiger charge is -2.19. The highest BCUT2D eigenvalue weighted by atomic mass is 35.5. The molecule has 0 aliphatic rings. The molecule has 0 saturated heterocycles. The highest BCUT2D eigenvalue weighted by Gasteiger charge is 2.25. The number of halogens is 1. The van der Waals surface area contributed by atoms with Crippen molar-refractivity contribution in [2.75, 3.05) is 18.4 Å². The number of nitrogens with one attached hydrogen (secondary N) is 2. The number of guanidine groups is 1. The average Bonchev–Trinajstić information content (AvgIpc) is 3.56. The number of aromatic nitrogens is 3. The number of Topliss-reactive ketones (excluding diaryl/α,β-unsaturated/α-hetero) is 1. The van der Waals surface area contributed by atoms with Crippen LogP contribution in [-0.4, -0.2) is 51.3 Å². The molecule has 230 valence electrons. The number of aliphatic imine (C=N–C) groups is 1. The Hall–Kier alpha value is -4.55. The number of thiazole rings is 1. The summed E-state index contributed by atoms with van der Waals surface area (Å²) in [7, 11) is 0.